The number of hydrogen-bond donors (Lipinski definition) is 1. The maximum Gasteiger partial charge on any atom is 0.146 e. The van der Waals surface area contributed by atoms with Crippen molar-refractivity contribution < 1.29 is 4.39 Å². The van der Waals surface area contributed by atoms with Gasteiger partial charge in [-0.25, -0.2) is 4.39 Å². The van der Waals surface area contributed by atoms with Crippen LogP contribution in [0.4, 0.5) is 15.8 Å². The van der Waals surface area contributed by atoms with Crippen LogP contribution in [0.25, 0.3) is 0 Å². The van der Waals surface area contributed by atoms with Crippen LogP contribution in [0.5, 0.6) is 0 Å². The molecular weight excluding hydrogens is 287 g/mol. The monoisotopic (exact) mass is 306 g/mol. The van der Waals surface area contributed by atoms with Gasteiger partial charge >= 0.3 is 0 Å². The van der Waals surface area contributed by atoms with Crippen molar-refractivity contribution in [1.29, 1.82) is 0 Å². The van der Waals surface area contributed by atoms with Crippen LogP contribution < -0.4 is 10.2 Å². The molecule has 0 amide bonds. The fourth-order valence-electron chi connectivity index (χ4n) is 2.07. The van der Waals surface area contributed by atoms with Gasteiger partial charge in [0.05, 0.1) is 5.69 Å². The average Bonchev–Trinajstić information content (AvgIpc) is 2.45. The lowest BCUT2D eigenvalue weighted by atomic mass is 10.1. The molecule has 0 heterocycles. The van der Waals surface area contributed by atoms with Crippen molar-refractivity contribution in [3.8, 4) is 0 Å². The van der Waals surface area contributed by atoms with Gasteiger partial charge in [0.25, 0.3) is 0 Å². The van der Waals surface area contributed by atoms with E-state index in [0.29, 0.717) is 16.8 Å². The Morgan fingerprint density at radius 1 is 1.19 bits per heavy atom. The van der Waals surface area contributed by atoms with Crippen molar-refractivity contribution in [3.05, 3.63) is 58.9 Å². The van der Waals surface area contributed by atoms with Crippen LogP contribution in [0.15, 0.2) is 42.5 Å². The van der Waals surface area contributed by atoms with Gasteiger partial charge in [0.1, 0.15) is 5.82 Å². The van der Waals surface area contributed by atoms with E-state index in [4.69, 9.17) is 11.6 Å². The molecule has 2 aromatic carbocycles. The zero-order valence-corrected chi connectivity index (χ0v) is 13.3. The number of para-hydroxylation sites is 1. The van der Waals surface area contributed by atoms with Crippen LogP contribution in [0.3, 0.4) is 0 Å². The summed E-state index contributed by atoms with van der Waals surface area (Å²) in [6.45, 7) is 4.91. The minimum atomic E-state index is -0.248. The van der Waals surface area contributed by atoms with Crippen molar-refractivity contribution in [3.63, 3.8) is 0 Å². The Bertz CT molecular complexity index is 613. The maximum absolute atomic E-state index is 13.8. The highest BCUT2D eigenvalue weighted by molar-refractivity contribution is 6.31. The minimum Gasteiger partial charge on any atom is -0.342 e. The summed E-state index contributed by atoms with van der Waals surface area (Å²) in [5.74, 6) is -0.248. The number of nitrogens with one attached hydrogen (secondary N) is 1. The first kappa shape index (κ1) is 15.8. The fourth-order valence-corrected chi connectivity index (χ4v) is 2.31. The lowest BCUT2D eigenvalue weighted by Crippen LogP contribution is -2.22. The van der Waals surface area contributed by atoms with Crippen LogP contribution in [-0.4, -0.2) is 13.1 Å². The zero-order valence-electron chi connectivity index (χ0n) is 12.5. The lowest BCUT2D eigenvalue weighted by molar-refractivity contribution is 0.589. The molecule has 2 nitrogen and oxygen atoms in total. The van der Waals surface area contributed by atoms with Crippen molar-refractivity contribution in [2.45, 2.75) is 26.4 Å². The zero-order chi connectivity index (χ0) is 15.4. The van der Waals surface area contributed by atoms with E-state index in [1.54, 1.807) is 17.0 Å². The Morgan fingerprint density at radius 3 is 2.52 bits per heavy atom. The smallest absolute Gasteiger partial charge is 0.146 e. The van der Waals surface area contributed by atoms with E-state index in [1.807, 2.05) is 31.3 Å². The highest BCUT2D eigenvalue weighted by atomic mass is 35.5. The molecule has 0 aliphatic carbocycles. The Morgan fingerprint density at radius 2 is 1.90 bits per heavy atom. The molecule has 112 valence electrons. The Kier molecular flexibility index (Phi) is 5.21. The molecule has 0 saturated carbocycles. The van der Waals surface area contributed by atoms with E-state index in [2.05, 4.69) is 19.2 Å². The van der Waals surface area contributed by atoms with Crippen LogP contribution in [0.1, 0.15) is 19.4 Å². The Labute approximate surface area is 130 Å². The third kappa shape index (κ3) is 3.96. The molecule has 1 N–H and O–H groups in total. The summed E-state index contributed by atoms with van der Waals surface area (Å²) in [5.41, 5.74) is 2.43. The standard InChI is InChI=1S/C17H20ClFN2/c1-12(2)20-11-13-8-9-14(10-15(13)18)21(3)17-7-5-4-6-16(17)19/h4-10,12,20H,11H2,1-3H3. The first-order valence-electron chi connectivity index (χ1n) is 6.99. The summed E-state index contributed by atoms with van der Waals surface area (Å²) in [5, 5.41) is 4.02. The molecule has 4 heteroatoms. The van der Waals surface area contributed by atoms with Gasteiger partial charge in [-0.1, -0.05) is 43.6 Å². The third-order valence-electron chi connectivity index (χ3n) is 3.34. The topological polar surface area (TPSA) is 15.3 Å². The van der Waals surface area contributed by atoms with Crippen LogP contribution in [-0.2, 0) is 6.54 Å². The molecule has 0 spiro atoms. The van der Waals surface area contributed by atoms with Gasteiger partial charge in [0, 0.05) is 30.3 Å². The van der Waals surface area contributed by atoms with Gasteiger partial charge in [0.15, 0.2) is 0 Å². The molecule has 0 bridgehead atoms. The molecule has 0 fully saturated rings. The van der Waals surface area contributed by atoms with Gasteiger partial charge in [0.2, 0.25) is 0 Å². The van der Waals surface area contributed by atoms with E-state index in [1.165, 1.54) is 6.07 Å². The first-order chi connectivity index (χ1) is 9.99. The molecule has 2 rings (SSSR count). The molecule has 0 saturated heterocycles. The number of rotatable bonds is 5. The third-order valence-corrected chi connectivity index (χ3v) is 3.69. The SMILES string of the molecule is CC(C)NCc1ccc(N(C)c2ccccc2F)cc1Cl. The minimum absolute atomic E-state index is 0.248. The summed E-state index contributed by atoms with van der Waals surface area (Å²) in [6.07, 6.45) is 0. The quantitative estimate of drug-likeness (QED) is 0.858. The van der Waals surface area contributed by atoms with Gasteiger partial charge in [-0.2, -0.15) is 0 Å². The number of anilines is 2. The van der Waals surface area contributed by atoms with E-state index in [9.17, 15) is 4.39 Å². The number of benzene rings is 2. The normalized spacial score (nSPS) is 11.0. The van der Waals surface area contributed by atoms with Crippen molar-refractivity contribution in [1.82, 2.24) is 5.32 Å². The van der Waals surface area contributed by atoms with Crippen molar-refractivity contribution in [2.75, 3.05) is 11.9 Å². The molecule has 2 aromatic rings. The lowest BCUT2D eigenvalue weighted by Gasteiger charge is -2.21. The summed E-state index contributed by atoms with van der Waals surface area (Å²) < 4.78 is 13.8. The first-order valence-corrected chi connectivity index (χ1v) is 7.37. The summed E-state index contributed by atoms with van der Waals surface area (Å²) in [7, 11) is 1.83. The second kappa shape index (κ2) is 6.92. The van der Waals surface area contributed by atoms with Gasteiger partial charge < -0.3 is 10.2 Å². The molecule has 0 radical (unpaired) electrons. The summed E-state index contributed by atoms with van der Waals surface area (Å²) >= 11 is 6.32. The molecule has 0 aliphatic rings. The predicted octanol–water partition coefficient (Wildman–Crippen LogP) is 4.75. The second-order valence-corrected chi connectivity index (χ2v) is 5.73. The number of halogens is 2. The molecule has 0 unspecified atom stereocenters. The second-order valence-electron chi connectivity index (χ2n) is 5.32. The molecule has 0 aliphatic heterocycles. The highest BCUT2D eigenvalue weighted by Crippen LogP contribution is 2.29. The van der Waals surface area contributed by atoms with Crippen LogP contribution >= 0.6 is 11.6 Å². The van der Waals surface area contributed by atoms with E-state index < -0.39 is 0 Å². The molecule has 0 aromatic heterocycles. The summed E-state index contributed by atoms with van der Waals surface area (Å²) in [6, 6.07) is 12.9. The van der Waals surface area contributed by atoms with E-state index >= 15 is 0 Å². The summed E-state index contributed by atoms with van der Waals surface area (Å²) in [4.78, 5) is 1.79. The van der Waals surface area contributed by atoms with Gasteiger partial charge in [-0.15, -0.1) is 0 Å². The van der Waals surface area contributed by atoms with Crippen LogP contribution in [0.2, 0.25) is 5.02 Å². The van der Waals surface area contributed by atoms with Gasteiger partial charge in [-0.05, 0) is 29.8 Å². The highest BCUT2D eigenvalue weighted by Gasteiger charge is 2.10. The molecule has 0 atom stereocenters. The Hall–Kier alpha value is -1.58. The largest absolute Gasteiger partial charge is 0.342 e. The number of nitrogens with zero attached hydrogens (tertiary/aromatic N) is 1. The average molecular weight is 307 g/mol. The molecule has 21 heavy (non-hydrogen) atoms. The Balaban J connectivity index is 2.21. The van der Waals surface area contributed by atoms with Crippen molar-refractivity contribution >= 4 is 23.0 Å². The fraction of sp³-hybridized carbons (Fsp3) is 0.294. The van der Waals surface area contributed by atoms with Gasteiger partial charge in [-0.3, -0.25) is 0 Å². The maximum atomic E-state index is 13.8. The molecular formula is C17H20ClFN2. The van der Waals surface area contributed by atoms with Crippen molar-refractivity contribution in [2.24, 2.45) is 0 Å². The predicted molar refractivity (Wildman–Crippen MR) is 87.9 cm³/mol. The number of hydrogen-bond acceptors (Lipinski definition) is 2. The van der Waals surface area contributed by atoms with E-state index in [0.717, 1.165) is 17.8 Å². The van der Waals surface area contributed by atoms with Crippen LogP contribution in [0, 0.1) is 5.82 Å². The van der Waals surface area contributed by atoms with E-state index in [-0.39, 0.29) is 5.82 Å².